The molecule has 5 unspecified atom stereocenters. The third-order valence-corrected chi connectivity index (χ3v) is 4.67. The summed E-state index contributed by atoms with van der Waals surface area (Å²) in [5, 5.41) is 4.05. The van der Waals surface area contributed by atoms with Gasteiger partial charge in [-0.2, -0.15) is 4.98 Å². The van der Waals surface area contributed by atoms with Crippen LogP contribution in [0.3, 0.4) is 0 Å². The van der Waals surface area contributed by atoms with Crippen molar-refractivity contribution < 1.29 is 9.26 Å². The molecular weight excluding hydrogens is 230 g/mol. The van der Waals surface area contributed by atoms with Crippen LogP contribution < -0.4 is 5.73 Å². The van der Waals surface area contributed by atoms with Crippen LogP contribution in [-0.2, 0) is 4.74 Å². The first-order chi connectivity index (χ1) is 8.74. The van der Waals surface area contributed by atoms with Gasteiger partial charge in [0.15, 0.2) is 0 Å². The summed E-state index contributed by atoms with van der Waals surface area (Å²) in [5.74, 6) is 2.94. The number of hydrogen-bond donors (Lipinski definition) is 1. The average molecular weight is 251 g/mol. The first-order valence-corrected chi connectivity index (χ1v) is 6.86. The molecule has 0 amide bonds. The highest BCUT2D eigenvalue weighted by Crippen LogP contribution is 2.51. The molecule has 2 saturated carbocycles. The molecule has 2 fully saturated rings. The summed E-state index contributed by atoms with van der Waals surface area (Å²) in [6, 6.07) is 0.194. The zero-order valence-corrected chi connectivity index (χ0v) is 11.0. The molecule has 0 saturated heterocycles. The summed E-state index contributed by atoms with van der Waals surface area (Å²) in [5.41, 5.74) is 6.29. The number of methoxy groups -OCH3 is 1. The summed E-state index contributed by atoms with van der Waals surface area (Å²) in [6.45, 7) is 2.05. The Labute approximate surface area is 107 Å². The van der Waals surface area contributed by atoms with Gasteiger partial charge in [0.2, 0.25) is 11.7 Å². The van der Waals surface area contributed by atoms with Gasteiger partial charge in [-0.15, -0.1) is 0 Å². The Morgan fingerprint density at radius 3 is 2.83 bits per heavy atom. The third kappa shape index (κ3) is 1.77. The molecule has 18 heavy (non-hydrogen) atoms. The van der Waals surface area contributed by atoms with Gasteiger partial charge in [-0.3, -0.25) is 0 Å². The topological polar surface area (TPSA) is 74.2 Å². The molecule has 0 spiro atoms. The van der Waals surface area contributed by atoms with Crippen molar-refractivity contribution in [3.8, 4) is 0 Å². The Hall–Kier alpha value is -0.940. The van der Waals surface area contributed by atoms with Crippen LogP contribution in [0.15, 0.2) is 4.52 Å². The minimum atomic E-state index is -0.0719. The number of fused-ring (bicyclic) bond motifs is 2. The van der Waals surface area contributed by atoms with E-state index in [1.165, 1.54) is 19.3 Å². The fraction of sp³-hybridized carbons (Fsp3) is 0.846. The van der Waals surface area contributed by atoms with E-state index in [-0.39, 0.29) is 18.1 Å². The Bertz CT molecular complexity index is 414. The lowest BCUT2D eigenvalue weighted by Gasteiger charge is -2.24. The van der Waals surface area contributed by atoms with Crippen molar-refractivity contribution in [1.29, 1.82) is 0 Å². The van der Waals surface area contributed by atoms with Gasteiger partial charge < -0.3 is 15.0 Å². The van der Waals surface area contributed by atoms with Crippen LogP contribution in [0.2, 0.25) is 0 Å². The summed E-state index contributed by atoms with van der Waals surface area (Å²) < 4.78 is 10.8. The van der Waals surface area contributed by atoms with Crippen molar-refractivity contribution in [2.24, 2.45) is 17.6 Å². The van der Waals surface area contributed by atoms with Crippen LogP contribution >= 0.6 is 0 Å². The zero-order chi connectivity index (χ0) is 12.7. The molecule has 1 aromatic heterocycles. The molecule has 2 bridgehead atoms. The first kappa shape index (κ1) is 12.1. The Morgan fingerprint density at radius 2 is 2.22 bits per heavy atom. The predicted octanol–water partition coefficient (Wildman–Crippen LogP) is 2.01. The summed E-state index contributed by atoms with van der Waals surface area (Å²) >= 11 is 0. The van der Waals surface area contributed by atoms with Crippen LogP contribution in [0, 0.1) is 11.8 Å². The van der Waals surface area contributed by atoms with Crippen LogP contribution in [0.4, 0.5) is 0 Å². The number of aromatic nitrogens is 2. The van der Waals surface area contributed by atoms with Crippen molar-refractivity contribution in [2.45, 2.75) is 50.7 Å². The van der Waals surface area contributed by atoms with E-state index in [0.29, 0.717) is 17.7 Å². The molecule has 0 aromatic carbocycles. The molecule has 5 nitrogen and oxygen atoms in total. The van der Waals surface area contributed by atoms with Crippen molar-refractivity contribution in [3.63, 3.8) is 0 Å². The molecule has 5 heteroatoms. The van der Waals surface area contributed by atoms with Crippen molar-refractivity contribution in [3.05, 3.63) is 11.7 Å². The van der Waals surface area contributed by atoms with E-state index in [4.69, 9.17) is 15.0 Å². The van der Waals surface area contributed by atoms with E-state index in [1.807, 2.05) is 6.92 Å². The maximum atomic E-state index is 6.29. The molecule has 0 aliphatic heterocycles. The van der Waals surface area contributed by atoms with Gasteiger partial charge in [-0.25, -0.2) is 0 Å². The molecule has 2 aliphatic carbocycles. The van der Waals surface area contributed by atoms with E-state index in [0.717, 1.165) is 12.3 Å². The lowest BCUT2D eigenvalue weighted by Crippen LogP contribution is -2.34. The van der Waals surface area contributed by atoms with Crippen LogP contribution in [0.5, 0.6) is 0 Å². The monoisotopic (exact) mass is 251 g/mol. The van der Waals surface area contributed by atoms with Gasteiger partial charge in [-0.05, 0) is 37.5 Å². The fourth-order valence-corrected chi connectivity index (χ4v) is 3.67. The normalized spacial score (nSPS) is 36.2. The van der Waals surface area contributed by atoms with Gasteiger partial charge in [0.1, 0.15) is 6.10 Å². The van der Waals surface area contributed by atoms with Crippen LogP contribution in [0.1, 0.15) is 56.3 Å². The molecule has 100 valence electrons. The molecular formula is C13H21N3O2. The average Bonchev–Trinajstić information content (AvgIpc) is 3.06. The van der Waals surface area contributed by atoms with Crippen molar-refractivity contribution in [2.75, 3.05) is 7.11 Å². The molecule has 1 aromatic rings. The van der Waals surface area contributed by atoms with Crippen molar-refractivity contribution >= 4 is 0 Å². The largest absolute Gasteiger partial charge is 0.373 e. The third-order valence-electron chi connectivity index (χ3n) is 4.67. The highest BCUT2D eigenvalue weighted by molar-refractivity contribution is 5.12. The standard InChI is InChI=1S/C13H21N3O2/c1-3-9(17-2)12-15-13(18-16-12)10-7-4-5-8(6-7)11(10)14/h7-11H,3-6,14H2,1-2H3. The Balaban J connectivity index is 1.81. The van der Waals surface area contributed by atoms with E-state index in [1.54, 1.807) is 7.11 Å². The predicted molar refractivity (Wildman–Crippen MR) is 65.9 cm³/mol. The molecule has 5 atom stereocenters. The Morgan fingerprint density at radius 1 is 1.44 bits per heavy atom. The van der Waals surface area contributed by atoms with E-state index >= 15 is 0 Å². The lowest BCUT2D eigenvalue weighted by molar-refractivity contribution is 0.0903. The number of rotatable bonds is 4. The van der Waals surface area contributed by atoms with Gasteiger partial charge in [-0.1, -0.05) is 12.1 Å². The second-order valence-corrected chi connectivity index (χ2v) is 5.56. The Kier molecular flexibility index (Phi) is 3.11. The number of hydrogen-bond acceptors (Lipinski definition) is 5. The fourth-order valence-electron chi connectivity index (χ4n) is 3.67. The molecule has 2 aliphatic rings. The molecule has 0 radical (unpaired) electrons. The lowest BCUT2D eigenvalue weighted by atomic mass is 9.85. The first-order valence-electron chi connectivity index (χ1n) is 6.86. The highest BCUT2D eigenvalue weighted by Gasteiger charge is 2.49. The molecule has 1 heterocycles. The number of ether oxygens (including phenoxy) is 1. The maximum Gasteiger partial charge on any atom is 0.231 e. The minimum absolute atomic E-state index is 0.0719. The van der Waals surface area contributed by atoms with Gasteiger partial charge in [0.05, 0.1) is 5.92 Å². The van der Waals surface area contributed by atoms with Crippen LogP contribution in [-0.4, -0.2) is 23.3 Å². The quantitative estimate of drug-likeness (QED) is 0.886. The molecule has 2 N–H and O–H groups in total. The van der Waals surface area contributed by atoms with Gasteiger partial charge in [0, 0.05) is 13.2 Å². The summed E-state index contributed by atoms with van der Waals surface area (Å²) in [4.78, 5) is 4.52. The second-order valence-electron chi connectivity index (χ2n) is 5.56. The second kappa shape index (κ2) is 4.63. The van der Waals surface area contributed by atoms with Gasteiger partial charge >= 0.3 is 0 Å². The smallest absolute Gasteiger partial charge is 0.231 e. The summed E-state index contributed by atoms with van der Waals surface area (Å²) in [7, 11) is 1.67. The zero-order valence-electron chi connectivity index (χ0n) is 11.0. The van der Waals surface area contributed by atoms with E-state index in [2.05, 4.69) is 10.1 Å². The minimum Gasteiger partial charge on any atom is -0.373 e. The number of nitrogens with two attached hydrogens (primary N) is 1. The van der Waals surface area contributed by atoms with Crippen LogP contribution in [0.25, 0.3) is 0 Å². The van der Waals surface area contributed by atoms with E-state index < -0.39 is 0 Å². The highest BCUT2D eigenvalue weighted by atomic mass is 16.5. The summed E-state index contributed by atoms with van der Waals surface area (Å²) in [6.07, 6.45) is 4.52. The van der Waals surface area contributed by atoms with E-state index in [9.17, 15) is 0 Å². The number of nitrogens with zero attached hydrogens (tertiary/aromatic N) is 2. The molecule has 3 rings (SSSR count). The SMILES string of the molecule is CCC(OC)c1noc(C2C3CCC(C3)C2N)n1. The maximum absolute atomic E-state index is 6.29. The van der Waals surface area contributed by atoms with Crippen molar-refractivity contribution in [1.82, 2.24) is 10.1 Å². The van der Waals surface area contributed by atoms with Gasteiger partial charge in [0.25, 0.3) is 0 Å².